The van der Waals surface area contributed by atoms with Gasteiger partial charge in [0.2, 0.25) is 6.08 Å². The Morgan fingerprint density at radius 1 is 1.07 bits per heavy atom. The molecular formula is C10H17NO4. The van der Waals surface area contributed by atoms with E-state index in [0.29, 0.717) is 12.8 Å². The number of hydrogen-bond acceptors (Lipinski definition) is 5. The fourth-order valence-electron chi connectivity index (χ4n) is 2.08. The van der Waals surface area contributed by atoms with Crippen molar-refractivity contribution in [3.63, 3.8) is 0 Å². The molecule has 0 radical (unpaired) electrons. The Morgan fingerprint density at radius 2 is 1.60 bits per heavy atom. The summed E-state index contributed by atoms with van der Waals surface area (Å²) in [6, 6.07) is -0.0798. The zero-order valence-electron chi connectivity index (χ0n) is 9.30. The van der Waals surface area contributed by atoms with Gasteiger partial charge in [0.05, 0.1) is 18.2 Å². The highest BCUT2D eigenvalue weighted by molar-refractivity contribution is 5.33. The molecule has 0 bridgehead atoms. The minimum atomic E-state index is -0.0990. The third-order valence-electron chi connectivity index (χ3n) is 2.85. The number of ether oxygens (including phenoxy) is 3. The number of isocyanates is 1. The molecule has 15 heavy (non-hydrogen) atoms. The van der Waals surface area contributed by atoms with Crippen molar-refractivity contribution in [2.45, 2.75) is 37.2 Å². The van der Waals surface area contributed by atoms with E-state index in [1.165, 1.54) is 0 Å². The Labute approximate surface area is 89.4 Å². The molecule has 0 amide bonds. The summed E-state index contributed by atoms with van der Waals surface area (Å²) in [7, 11) is 4.87. The van der Waals surface area contributed by atoms with Crippen LogP contribution in [0.25, 0.3) is 0 Å². The van der Waals surface area contributed by atoms with E-state index in [1.807, 2.05) is 0 Å². The van der Waals surface area contributed by atoms with Crippen LogP contribution < -0.4 is 0 Å². The van der Waals surface area contributed by atoms with E-state index < -0.39 is 0 Å². The van der Waals surface area contributed by atoms with Crippen LogP contribution in [0.2, 0.25) is 0 Å². The third-order valence-corrected chi connectivity index (χ3v) is 2.85. The second-order valence-corrected chi connectivity index (χ2v) is 3.59. The standard InChI is InChI=1S/C10H17NO4/c1-13-8-4-7(11-6-12)5-9(14-2)10(8)15-3/h7-10H,4-5H2,1-3H3. The molecule has 0 aromatic rings. The first kappa shape index (κ1) is 12.3. The van der Waals surface area contributed by atoms with E-state index in [9.17, 15) is 4.79 Å². The van der Waals surface area contributed by atoms with Crippen molar-refractivity contribution in [3.05, 3.63) is 0 Å². The van der Waals surface area contributed by atoms with Gasteiger partial charge in [0.1, 0.15) is 6.10 Å². The maximum Gasteiger partial charge on any atom is 0.235 e. The molecule has 2 unspecified atom stereocenters. The molecule has 0 aromatic carbocycles. The van der Waals surface area contributed by atoms with Crippen molar-refractivity contribution < 1.29 is 19.0 Å². The lowest BCUT2D eigenvalue weighted by Crippen LogP contribution is -2.48. The van der Waals surface area contributed by atoms with Crippen LogP contribution in [0, 0.1) is 0 Å². The normalized spacial score (nSPS) is 35.9. The first-order valence-electron chi connectivity index (χ1n) is 4.92. The molecule has 0 aliphatic heterocycles. The Bertz CT molecular complexity index is 226. The first-order valence-corrected chi connectivity index (χ1v) is 4.92. The van der Waals surface area contributed by atoms with Crippen molar-refractivity contribution in [2.24, 2.45) is 4.99 Å². The molecule has 0 aromatic heterocycles. The van der Waals surface area contributed by atoms with Crippen LogP contribution >= 0.6 is 0 Å². The van der Waals surface area contributed by atoms with Gasteiger partial charge in [0.25, 0.3) is 0 Å². The van der Waals surface area contributed by atoms with Crippen LogP contribution in [0.1, 0.15) is 12.8 Å². The van der Waals surface area contributed by atoms with Crippen molar-refractivity contribution in [1.82, 2.24) is 0 Å². The lowest BCUT2D eigenvalue weighted by molar-refractivity contribution is -0.131. The Morgan fingerprint density at radius 3 is 1.93 bits per heavy atom. The Kier molecular flexibility index (Phi) is 4.91. The van der Waals surface area contributed by atoms with Crippen molar-refractivity contribution in [2.75, 3.05) is 21.3 Å². The second-order valence-electron chi connectivity index (χ2n) is 3.59. The van der Waals surface area contributed by atoms with Crippen LogP contribution in [0.4, 0.5) is 0 Å². The molecule has 1 rings (SSSR count). The number of aliphatic imine (C=N–C) groups is 1. The molecule has 1 aliphatic rings. The van der Waals surface area contributed by atoms with E-state index in [0.717, 1.165) is 0 Å². The molecule has 0 heterocycles. The highest BCUT2D eigenvalue weighted by atomic mass is 16.6. The van der Waals surface area contributed by atoms with Gasteiger partial charge >= 0.3 is 0 Å². The van der Waals surface area contributed by atoms with Crippen molar-refractivity contribution in [3.8, 4) is 0 Å². The average molecular weight is 215 g/mol. The predicted molar refractivity (Wildman–Crippen MR) is 53.5 cm³/mol. The number of methoxy groups -OCH3 is 3. The topological polar surface area (TPSA) is 57.1 Å². The maximum atomic E-state index is 10.2. The maximum absolute atomic E-state index is 10.2. The molecule has 1 fully saturated rings. The van der Waals surface area contributed by atoms with E-state index in [1.54, 1.807) is 27.4 Å². The quantitative estimate of drug-likeness (QED) is 0.507. The average Bonchev–Trinajstić information content (AvgIpc) is 2.28. The smallest absolute Gasteiger partial charge is 0.235 e. The second kappa shape index (κ2) is 5.98. The zero-order valence-corrected chi connectivity index (χ0v) is 9.30. The van der Waals surface area contributed by atoms with Gasteiger partial charge < -0.3 is 14.2 Å². The summed E-state index contributed by atoms with van der Waals surface area (Å²) in [6.07, 6.45) is 2.65. The lowest BCUT2D eigenvalue weighted by atomic mass is 9.88. The van der Waals surface area contributed by atoms with Gasteiger partial charge in [-0.3, -0.25) is 0 Å². The molecule has 0 saturated heterocycles. The van der Waals surface area contributed by atoms with E-state index in [2.05, 4.69) is 4.99 Å². The van der Waals surface area contributed by atoms with Crippen LogP contribution in [0.15, 0.2) is 4.99 Å². The number of hydrogen-bond donors (Lipinski definition) is 0. The SMILES string of the molecule is COC1CC(N=C=O)CC(OC)C1OC. The summed E-state index contributed by atoms with van der Waals surface area (Å²) in [4.78, 5) is 13.9. The Hall–Kier alpha value is -0.740. The molecule has 0 spiro atoms. The molecule has 5 heteroatoms. The minimum absolute atomic E-state index is 0.0798. The zero-order chi connectivity index (χ0) is 11.3. The van der Waals surface area contributed by atoms with Crippen molar-refractivity contribution >= 4 is 6.08 Å². The molecule has 1 saturated carbocycles. The van der Waals surface area contributed by atoms with Crippen LogP contribution in [-0.2, 0) is 19.0 Å². The monoisotopic (exact) mass is 215 g/mol. The van der Waals surface area contributed by atoms with E-state index in [-0.39, 0.29) is 24.4 Å². The summed E-state index contributed by atoms with van der Waals surface area (Å²) in [6.45, 7) is 0. The first-order chi connectivity index (χ1) is 7.26. The summed E-state index contributed by atoms with van der Waals surface area (Å²) >= 11 is 0. The van der Waals surface area contributed by atoms with Gasteiger partial charge in [-0.25, -0.2) is 9.79 Å². The molecule has 86 valence electrons. The number of rotatable bonds is 4. The van der Waals surface area contributed by atoms with Gasteiger partial charge in [-0.1, -0.05) is 0 Å². The van der Waals surface area contributed by atoms with Crippen LogP contribution in [-0.4, -0.2) is 51.8 Å². The largest absolute Gasteiger partial charge is 0.379 e. The molecular weight excluding hydrogens is 198 g/mol. The summed E-state index contributed by atoms with van der Waals surface area (Å²) < 4.78 is 16.0. The third kappa shape index (κ3) is 2.86. The minimum Gasteiger partial charge on any atom is -0.379 e. The predicted octanol–water partition coefficient (Wildman–Crippen LogP) is 0.530. The molecule has 0 N–H and O–H groups in total. The van der Waals surface area contributed by atoms with Crippen molar-refractivity contribution in [1.29, 1.82) is 0 Å². The summed E-state index contributed by atoms with van der Waals surface area (Å²) in [5, 5.41) is 0. The van der Waals surface area contributed by atoms with Crippen LogP contribution in [0.3, 0.4) is 0 Å². The van der Waals surface area contributed by atoms with Gasteiger partial charge in [0, 0.05) is 21.3 Å². The Balaban J connectivity index is 2.73. The van der Waals surface area contributed by atoms with Crippen LogP contribution in [0.5, 0.6) is 0 Å². The van der Waals surface area contributed by atoms with E-state index >= 15 is 0 Å². The van der Waals surface area contributed by atoms with Gasteiger partial charge in [-0.05, 0) is 12.8 Å². The lowest BCUT2D eigenvalue weighted by Gasteiger charge is -2.37. The number of nitrogens with zero attached hydrogens (tertiary/aromatic N) is 1. The summed E-state index contributed by atoms with van der Waals surface area (Å²) in [5.74, 6) is 0. The summed E-state index contributed by atoms with van der Waals surface area (Å²) in [5.41, 5.74) is 0. The van der Waals surface area contributed by atoms with Gasteiger partial charge in [-0.15, -0.1) is 0 Å². The highest BCUT2D eigenvalue weighted by Crippen LogP contribution is 2.27. The molecule has 2 atom stereocenters. The van der Waals surface area contributed by atoms with Gasteiger partial charge in [0.15, 0.2) is 0 Å². The van der Waals surface area contributed by atoms with Gasteiger partial charge in [-0.2, -0.15) is 0 Å². The number of carbonyl (C=O) groups excluding carboxylic acids is 1. The fourth-order valence-corrected chi connectivity index (χ4v) is 2.08. The highest BCUT2D eigenvalue weighted by Gasteiger charge is 2.38. The molecule has 1 aliphatic carbocycles. The molecule has 5 nitrogen and oxygen atoms in total. The van der Waals surface area contributed by atoms with E-state index in [4.69, 9.17) is 14.2 Å². The fraction of sp³-hybridized carbons (Fsp3) is 0.900.